The highest BCUT2D eigenvalue weighted by Gasteiger charge is 2.32. The summed E-state index contributed by atoms with van der Waals surface area (Å²) in [5.41, 5.74) is 0. The van der Waals surface area contributed by atoms with Gasteiger partial charge in [0.2, 0.25) is 5.91 Å². The van der Waals surface area contributed by atoms with Gasteiger partial charge in [-0.05, 0) is 26.2 Å². The number of hydrogen-bond acceptors (Lipinski definition) is 4. The first-order valence-electron chi connectivity index (χ1n) is 7.28. The topological polar surface area (TPSA) is 84.9 Å². The maximum absolute atomic E-state index is 12.0. The van der Waals surface area contributed by atoms with Crippen LogP contribution in [0.2, 0.25) is 0 Å². The van der Waals surface area contributed by atoms with Gasteiger partial charge in [-0.3, -0.25) is 4.79 Å². The summed E-state index contributed by atoms with van der Waals surface area (Å²) in [6, 6.07) is -0.903. The number of nitrogens with one attached hydrogen (secondary N) is 1. The van der Waals surface area contributed by atoms with Crippen LogP contribution >= 0.6 is 0 Å². The van der Waals surface area contributed by atoms with Crippen molar-refractivity contribution >= 4 is 11.9 Å². The minimum atomic E-state index is -1.02. The number of carboxylic acid groups (broad SMARTS) is 1. The van der Waals surface area contributed by atoms with Crippen LogP contribution in [-0.4, -0.2) is 48.9 Å². The van der Waals surface area contributed by atoms with E-state index in [0.717, 1.165) is 25.7 Å². The average molecular weight is 287 g/mol. The molecule has 1 fully saturated rings. The molecule has 0 aromatic rings. The molecule has 20 heavy (non-hydrogen) atoms. The fraction of sp³-hybridized carbons (Fsp3) is 0.857. The van der Waals surface area contributed by atoms with Gasteiger partial charge in [-0.25, -0.2) is 4.79 Å². The zero-order valence-corrected chi connectivity index (χ0v) is 12.3. The second-order valence-corrected chi connectivity index (χ2v) is 5.17. The zero-order valence-electron chi connectivity index (χ0n) is 12.3. The number of unbranched alkanes of at least 4 members (excludes halogenated alkanes) is 1. The van der Waals surface area contributed by atoms with Crippen molar-refractivity contribution in [1.82, 2.24) is 5.32 Å². The summed E-state index contributed by atoms with van der Waals surface area (Å²) in [6.07, 6.45) is 2.82. The number of carboxylic acids is 1. The van der Waals surface area contributed by atoms with Gasteiger partial charge in [0.15, 0.2) is 0 Å². The summed E-state index contributed by atoms with van der Waals surface area (Å²) in [5, 5.41) is 11.8. The lowest BCUT2D eigenvalue weighted by atomic mass is 9.93. The van der Waals surface area contributed by atoms with E-state index in [9.17, 15) is 14.7 Å². The molecule has 1 heterocycles. The van der Waals surface area contributed by atoms with Crippen LogP contribution in [0.1, 0.15) is 39.5 Å². The maximum atomic E-state index is 12.0. The summed E-state index contributed by atoms with van der Waals surface area (Å²) in [7, 11) is 0. The van der Waals surface area contributed by atoms with Gasteiger partial charge in [0.25, 0.3) is 0 Å². The van der Waals surface area contributed by atoms with Crippen molar-refractivity contribution in [1.29, 1.82) is 0 Å². The van der Waals surface area contributed by atoms with Crippen molar-refractivity contribution in [2.24, 2.45) is 5.92 Å². The maximum Gasteiger partial charge on any atom is 0.326 e. The fourth-order valence-electron chi connectivity index (χ4n) is 2.16. The number of hydrogen-bond donors (Lipinski definition) is 2. The average Bonchev–Trinajstić information content (AvgIpc) is 2.45. The molecule has 3 atom stereocenters. The minimum absolute atomic E-state index is 0.173. The molecule has 2 N–H and O–H groups in total. The second kappa shape index (κ2) is 8.92. The number of amides is 1. The Labute approximate surface area is 119 Å². The third-order valence-corrected chi connectivity index (χ3v) is 3.47. The Hall–Kier alpha value is -1.14. The Morgan fingerprint density at radius 2 is 2.25 bits per heavy atom. The molecule has 1 aliphatic heterocycles. The van der Waals surface area contributed by atoms with Crippen LogP contribution in [0.5, 0.6) is 0 Å². The van der Waals surface area contributed by atoms with Gasteiger partial charge < -0.3 is 19.9 Å². The fourth-order valence-corrected chi connectivity index (χ4v) is 2.16. The molecule has 0 radical (unpaired) electrons. The second-order valence-electron chi connectivity index (χ2n) is 5.17. The number of carbonyl (C=O) groups is 2. The lowest BCUT2D eigenvalue weighted by Crippen LogP contribution is -2.51. The minimum Gasteiger partial charge on any atom is -0.480 e. The summed E-state index contributed by atoms with van der Waals surface area (Å²) >= 11 is 0. The molecule has 0 aromatic heterocycles. The Balaban J connectivity index is 2.47. The molecule has 1 amide bonds. The van der Waals surface area contributed by atoms with Crippen LogP contribution in [0.15, 0.2) is 0 Å². The lowest BCUT2D eigenvalue weighted by molar-refractivity contribution is -0.147. The molecule has 1 aliphatic rings. The van der Waals surface area contributed by atoms with E-state index in [1.165, 1.54) is 0 Å². The van der Waals surface area contributed by atoms with Crippen LogP contribution in [0, 0.1) is 5.92 Å². The number of aliphatic carboxylic acids is 1. The first-order valence-corrected chi connectivity index (χ1v) is 7.28. The van der Waals surface area contributed by atoms with Crippen molar-refractivity contribution in [3.8, 4) is 0 Å². The highest BCUT2D eigenvalue weighted by atomic mass is 16.5. The molecule has 3 unspecified atom stereocenters. The molecule has 0 aliphatic carbocycles. The molecule has 0 spiro atoms. The zero-order chi connectivity index (χ0) is 15.0. The Morgan fingerprint density at radius 3 is 2.80 bits per heavy atom. The molecule has 0 bridgehead atoms. The predicted octanol–water partition coefficient (Wildman–Crippen LogP) is 1.19. The van der Waals surface area contributed by atoms with Crippen LogP contribution in [0.4, 0.5) is 0 Å². The first-order chi connectivity index (χ1) is 9.56. The largest absolute Gasteiger partial charge is 0.480 e. The van der Waals surface area contributed by atoms with Crippen molar-refractivity contribution in [3.63, 3.8) is 0 Å². The normalized spacial score (nSPS) is 22.0. The van der Waals surface area contributed by atoms with Crippen molar-refractivity contribution in [2.75, 3.05) is 19.8 Å². The number of carbonyl (C=O) groups excluding carboxylic acids is 1. The van der Waals surface area contributed by atoms with Gasteiger partial charge in [-0.15, -0.1) is 0 Å². The molecule has 1 rings (SSSR count). The first kappa shape index (κ1) is 16.9. The third-order valence-electron chi connectivity index (χ3n) is 3.47. The Morgan fingerprint density at radius 1 is 1.50 bits per heavy atom. The van der Waals surface area contributed by atoms with E-state index in [4.69, 9.17) is 9.47 Å². The molecule has 116 valence electrons. The molecule has 0 aromatic carbocycles. The van der Waals surface area contributed by atoms with Crippen LogP contribution < -0.4 is 5.32 Å². The summed E-state index contributed by atoms with van der Waals surface area (Å²) < 4.78 is 10.7. The van der Waals surface area contributed by atoms with E-state index < -0.39 is 18.1 Å². The molecule has 6 nitrogen and oxygen atoms in total. The van der Waals surface area contributed by atoms with Crippen LogP contribution in [0.25, 0.3) is 0 Å². The van der Waals surface area contributed by atoms with E-state index in [1.807, 2.05) is 6.92 Å². The smallest absolute Gasteiger partial charge is 0.326 e. The highest BCUT2D eigenvalue weighted by Crippen LogP contribution is 2.18. The molecular weight excluding hydrogens is 262 g/mol. The quantitative estimate of drug-likeness (QED) is 0.655. The van der Waals surface area contributed by atoms with Crippen LogP contribution in [0.3, 0.4) is 0 Å². The van der Waals surface area contributed by atoms with Gasteiger partial charge in [-0.2, -0.15) is 0 Å². The van der Waals surface area contributed by atoms with E-state index in [1.54, 1.807) is 6.92 Å². The van der Waals surface area contributed by atoms with Gasteiger partial charge in [0, 0.05) is 19.1 Å². The summed E-state index contributed by atoms with van der Waals surface area (Å²) in [4.78, 5) is 23.3. The van der Waals surface area contributed by atoms with Crippen molar-refractivity contribution in [3.05, 3.63) is 0 Å². The molecule has 6 heteroatoms. The van der Waals surface area contributed by atoms with Gasteiger partial charge >= 0.3 is 5.97 Å². The summed E-state index contributed by atoms with van der Waals surface area (Å²) in [6.45, 7) is 5.23. The number of ether oxygens (including phenoxy) is 2. The lowest BCUT2D eigenvalue weighted by Gasteiger charge is -2.28. The highest BCUT2D eigenvalue weighted by molar-refractivity contribution is 5.86. The Bertz CT molecular complexity index is 315. The van der Waals surface area contributed by atoms with Gasteiger partial charge in [0.1, 0.15) is 12.1 Å². The van der Waals surface area contributed by atoms with E-state index in [-0.39, 0.29) is 11.8 Å². The predicted molar refractivity (Wildman–Crippen MR) is 73.4 cm³/mol. The standard InChI is InChI=1S/C14H25NO5/c1-3-4-8-20-10(2)13(16)15-12(14(17)18)11-6-5-7-19-9-11/h10-12H,3-9H2,1-2H3,(H,15,16)(H,17,18). The van der Waals surface area contributed by atoms with Crippen molar-refractivity contribution in [2.45, 2.75) is 51.7 Å². The van der Waals surface area contributed by atoms with E-state index in [2.05, 4.69) is 5.32 Å². The monoisotopic (exact) mass is 287 g/mol. The number of rotatable bonds is 8. The van der Waals surface area contributed by atoms with Gasteiger partial charge in [0.05, 0.1) is 6.61 Å². The van der Waals surface area contributed by atoms with Gasteiger partial charge in [-0.1, -0.05) is 13.3 Å². The third kappa shape index (κ3) is 5.46. The van der Waals surface area contributed by atoms with E-state index >= 15 is 0 Å². The van der Waals surface area contributed by atoms with Crippen molar-refractivity contribution < 1.29 is 24.2 Å². The molecule has 1 saturated heterocycles. The SMILES string of the molecule is CCCCOC(C)C(=O)NC(C(=O)O)C1CCCOC1. The van der Waals surface area contributed by atoms with E-state index in [0.29, 0.717) is 19.8 Å². The molecular formula is C14H25NO5. The Kier molecular flexibility index (Phi) is 7.54. The molecule has 0 saturated carbocycles. The summed E-state index contributed by atoms with van der Waals surface area (Å²) in [5.74, 6) is -1.57. The van der Waals surface area contributed by atoms with Crippen LogP contribution in [-0.2, 0) is 19.1 Å².